The summed E-state index contributed by atoms with van der Waals surface area (Å²) in [5.41, 5.74) is 10.1. The topological polar surface area (TPSA) is 84.0 Å². The van der Waals surface area contributed by atoms with Gasteiger partial charge in [0.05, 0.1) is 11.9 Å². The molecule has 1 aliphatic rings. The molecule has 108 valence electrons. The lowest BCUT2D eigenvalue weighted by molar-refractivity contribution is 0.455. The van der Waals surface area contributed by atoms with Gasteiger partial charge in [-0.25, -0.2) is 4.98 Å². The molecule has 6 heteroatoms. The van der Waals surface area contributed by atoms with E-state index in [4.69, 9.17) is 10.7 Å². The second-order valence-electron chi connectivity index (χ2n) is 5.54. The number of nitrogens with zero attached hydrogens (tertiary/aromatic N) is 3. The smallest absolute Gasteiger partial charge is 0.165 e. The van der Waals surface area contributed by atoms with Crippen LogP contribution in [0.2, 0.25) is 0 Å². The molecule has 0 spiro atoms. The first-order valence-corrected chi connectivity index (χ1v) is 7.31. The monoisotopic (exact) mass is 282 g/mol. The Morgan fingerprint density at radius 1 is 1.38 bits per heavy atom. The third-order valence-electron chi connectivity index (χ3n) is 4.14. The van der Waals surface area contributed by atoms with Gasteiger partial charge < -0.3 is 16.0 Å². The highest BCUT2D eigenvalue weighted by Gasteiger charge is 2.19. The zero-order valence-corrected chi connectivity index (χ0v) is 11.7. The van der Waals surface area contributed by atoms with Crippen LogP contribution in [-0.2, 0) is 0 Å². The molecule has 3 aromatic heterocycles. The average molecular weight is 282 g/mol. The van der Waals surface area contributed by atoms with Crippen LogP contribution in [0.4, 0.5) is 5.82 Å². The highest BCUT2D eigenvalue weighted by Crippen LogP contribution is 2.28. The summed E-state index contributed by atoms with van der Waals surface area (Å²) in [6, 6.07) is 3.97. The highest BCUT2D eigenvalue weighted by atomic mass is 15.3. The second-order valence-corrected chi connectivity index (χ2v) is 5.54. The molecule has 0 aliphatic carbocycles. The lowest BCUT2D eigenvalue weighted by Crippen LogP contribution is -2.29. The van der Waals surface area contributed by atoms with Crippen molar-refractivity contribution < 1.29 is 0 Å². The van der Waals surface area contributed by atoms with Crippen molar-refractivity contribution in [3.8, 4) is 11.1 Å². The Kier molecular flexibility index (Phi) is 2.89. The molecule has 0 amide bonds. The summed E-state index contributed by atoms with van der Waals surface area (Å²) in [6.07, 6.45) is 8.01. The van der Waals surface area contributed by atoms with E-state index in [0.717, 1.165) is 42.0 Å². The molecule has 3 aromatic rings. The van der Waals surface area contributed by atoms with Crippen LogP contribution >= 0.6 is 0 Å². The summed E-state index contributed by atoms with van der Waals surface area (Å²) in [7, 11) is 0. The quantitative estimate of drug-likeness (QED) is 0.669. The lowest BCUT2D eigenvalue weighted by Gasteiger charge is -2.22. The molecule has 1 saturated heterocycles. The molecule has 1 atom stereocenters. The van der Waals surface area contributed by atoms with Gasteiger partial charge in [-0.2, -0.15) is 9.61 Å². The normalized spacial score (nSPS) is 19.1. The zero-order chi connectivity index (χ0) is 14.2. The van der Waals surface area contributed by atoms with Gasteiger partial charge in [-0.15, -0.1) is 0 Å². The molecule has 0 bridgehead atoms. The van der Waals surface area contributed by atoms with E-state index < -0.39 is 0 Å². The first-order chi connectivity index (χ1) is 10.3. The molecule has 1 unspecified atom stereocenters. The minimum atomic E-state index is 0.431. The van der Waals surface area contributed by atoms with Crippen LogP contribution in [0.25, 0.3) is 16.8 Å². The minimum Gasteiger partial charge on any atom is -0.384 e. The SMILES string of the molecule is Nc1cc(C2CCCNC2)nc2c(-c3cc[nH]c3)cnn12. The van der Waals surface area contributed by atoms with Crippen LogP contribution in [0.3, 0.4) is 0 Å². The largest absolute Gasteiger partial charge is 0.384 e. The Bertz CT molecular complexity index is 752. The Hall–Kier alpha value is -2.34. The molecule has 0 radical (unpaired) electrons. The Balaban J connectivity index is 1.85. The van der Waals surface area contributed by atoms with Crippen molar-refractivity contribution in [3.63, 3.8) is 0 Å². The predicted octanol–water partition coefficient (Wildman–Crippen LogP) is 1.77. The van der Waals surface area contributed by atoms with Gasteiger partial charge in [-0.3, -0.25) is 0 Å². The highest BCUT2D eigenvalue weighted by molar-refractivity contribution is 5.77. The van der Waals surface area contributed by atoms with Crippen molar-refractivity contribution in [2.75, 3.05) is 18.8 Å². The number of anilines is 1. The first-order valence-electron chi connectivity index (χ1n) is 7.31. The van der Waals surface area contributed by atoms with Gasteiger partial charge in [-0.1, -0.05) is 0 Å². The number of aromatic amines is 1. The number of H-pyrrole nitrogens is 1. The van der Waals surface area contributed by atoms with Gasteiger partial charge in [0.25, 0.3) is 0 Å². The van der Waals surface area contributed by atoms with Crippen molar-refractivity contribution >= 4 is 11.5 Å². The average Bonchev–Trinajstić information content (AvgIpc) is 3.16. The number of nitrogens with one attached hydrogen (secondary N) is 2. The van der Waals surface area contributed by atoms with Gasteiger partial charge in [0.2, 0.25) is 0 Å². The van der Waals surface area contributed by atoms with Crippen LogP contribution in [0.5, 0.6) is 0 Å². The number of fused-ring (bicyclic) bond motifs is 1. The molecular formula is C15H18N6. The standard InChI is InChI=1S/C15H18N6/c16-14-6-13(11-2-1-4-17-8-11)20-15-12(9-19-21(14)15)10-3-5-18-7-10/h3,5-7,9,11,17-18H,1-2,4,8,16H2. The van der Waals surface area contributed by atoms with E-state index in [1.807, 2.05) is 30.7 Å². The molecular weight excluding hydrogens is 264 g/mol. The Morgan fingerprint density at radius 2 is 2.33 bits per heavy atom. The third kappa shape index (κ3) is 2.08. The Labute approximate surface area is 122 Å². The van der Waals surface area contributed by atoms with Crippen molar-refractivity contribution in [2.45, 2.75) is 18.8 Å². The molecule has 4 heterocycles. The second kappa shape index (κ2) is 4.89. The molecule has 21 heavy (non-hydrogen) atoms. The molecule has 6 nitrogen and oxygen atoms in total. The van der Waals surface area contributed by atoms with Crippen LogP contribution in [0.15, 0.2) is 30.7 Å². The number of hydrogen-bond donors (Lipinski definition) is 3. The van der Waals surface area contributed by atoms with Crippen molar-refractivity contribution in [3.05, 3.63) is 36.4 Å². The van der Waals surface area contributed by atoms with E-state index in [1.54, 1.807) is 4.52 Å². The minimum absolute atomic E-state index is 0.431. The summed E-state index contributed by atoms with van der Waals surface area (Å²) < 4.78 is 1.71. The number of rotatable bonds is 2. The van der Waals surface area contributed by atoms with E-state index in [-0.39, 0.29) is 0 Å². The van der Waals surface area contributed by atoms with Crippen LogP contribution in [0, 0.1) is 0 Å². The van der Waals surface area contributed by atoms with Crippen LogP contribution in [0.1, 0.15) is 24.5 Å². The number of nitrogen functional groups attached to an aromatic ring is 1. The summed E-state index contributed by atoms with van der Waals surface area (Å²) in [4.78, 5) is 7.91. The fraction of sp³-hybridized carbons (Fsp3) is 0.333. The zero-order valence-electron chi connectivity index (χ0n) is 11.7. The lowest BCUT2D eigenvalue weighted by atomic mass is 9.96. The van der Waals surface area contributed by atoms with Crippen LogP contribution < -0.4 is 11.1 Å². The fourth-order valence-electron chi connectivity index (χ4n) is 3.01. The van der Waals surface area contributed by atoms with Gasteiger partial charge in [0.15, 0.2) is 5.65 Å². The summed E-state index contributed by atoms with van der Waals surface area (Å²) >= 11 is 0. The summed E-state index contributed by atoms with van der Waals surface area (Å²) in [5, 5.41) is 7.79. The molecule has 4 N–H and O–H groups in total. The molecule has 4 rings (SSSR count). The maximum atomic E-state index is 6.16. The number of nitrogens with two attached hydrogens (primary N) is 1. The van der Waals surface area contributed by atoms with E-state index in [2.05, 4.69) is 15.4 Å². The van der Waals surface area contributed by atoms with E-state index in [1.165, 1.54) is 6.42 Å². The van der Waals surface area contributed by atoms with Gasteiger partial charge in [-0.05, 0) is 25.5 Å². The van der Waals surface area contributed by atoms with Crippen molar-refractivity contribution in [1.29, 1.82) is 0 Å². The van der Waals surface area contributed by atoms with E-state index in [0.29, 0.717) is 11.7 Å². The molecule has 1 aliphatic heterocycles. The van der Waals surface area contributed by atoms with Gasteiger partial charge >= 0.3 is 0 Å². The number of hydrogen-bond acceptors (Lipinski definition) is 4. The number of aromatic nitrogens is 4. The number of piperidine rings is 1. The van der Waals surface area contributed by atoms with Crippen LogP contribution in [-0.4, -0.2) is 32.7 Å². The summed E-state index contributed by atoms with van der Waals surface area (Å²) in [6.45, 7) is 2.06. The van der Waals surface area contributed by atoms with Gasteiger partial charge in [0.1, 0.15) is 5.82 Å². The first kappa shape index (κ1) is 12.4. The summed E-state index contributed by atoms with van der Waals surface area (Å²) in [5.74, 6) is 1.07. The van der Waals surface area contributed by atoms with Crippen molar-refractivity contribution in [2.24, 2.45) is 0 Å². The maximum absolute atomic E-state index is 6.16. The fourth-order valence-corrected chi connectivity index (χ4v) is 3.01. The predicted molar refractivity (Wildman–Crippen MR) is 82.0 cm³/mol. The maximum Gasteiger partial charge on any atom is 0.165 e. The van der Waals surface area contributed by atoms with E-state index >= 15 is 0 Å². The Morgan fingerprint density at radius 3 is 3.10 bits per heavy atom. The van der Waals surface area contributed by atoms with Gasteiger partial charge in [0, 0.05) is 42.0 Å². The third-order valence-corrected chi connectivity index (χ3v) is 4.14. The van der Waals surface area contributed by atoms with E-state index in [9.17, 15) is 0 Å². The molecule has 0 aromatic carbocycles. The molecule has 0 saturated carbocycles. The van der Waals surface area contributed by atoms with Crippen molar-refractivity contribution in [1.82, 2.24) is 24.9 Å². The molecule has 1 fully saturated rings.